The van der Waals surface area contributed by atoms with Gasteiger partial charge in [0.2, 0.25) is 0 Å². The van der Waals surface area contributed by atoms with Crippen LogP contribution < -0.4 is 0 Å². The van der Waals surface area contributed by atoms with Crippen LogP contribution in [0.15, 0.2) is 127 Å². The van der Waals surface area contributed by atoms with E-state index < -0.39 is 0 Å². The Bertz CT molecular complexity index is 2070. The Hall–Kier alpha value is -4.68. The summed E-state index contributed by atoms with van der Waals surface area (Å²) >= 11 is 0. The van der Waals surface area contributed by atoms with Crippen LogP contribution in [0.1, 0.15) is 17.5 Å². The lowest BCUT2D eigenvalue weighted by atomic mass is 9.79. The molecular formula is C38H26. The zero-order chi connectivity index (χ0) is 25.1. The van der Waals surface area contributed by atoms with E-state index in [1.807, 2.05) is 0 Å². The molecule has 0 bridgehead atoms. The molecule has 8 rings (SSSR count). The Labute approximate surface area is 222 Å². The van der Waals surface area contributed by atoms with Crippen molar-refractivity contribution in [1.82, 2.24) is 0 Å². The van der Waals surface area contributed by atoms with Gasteiger partial charge < -0.3 is 0 Å². The molecule has 0 atom stereocenters. The van der Waals surface area contributed by atoms with Gasteiger partial charge in [-0.2, -0.15) is 0 Å². The maximum atomic E-state index is 2.42. The summed E-state index contributed by atoms with van der Waals surface area (Å²) in [4.78, 5) is 0. The molecule has 0 heterocycles. The van der Waals surface area contributed by atoms with E-state index in [4.69, 9.17) is 0 Å². The predicted molar refractivity (Wildman–Crippen MR) is 165 cm³/mol. The minimum atomic E-state index is 1.06. The summed E-state index contributed by atoms with van der Waals surface area (Å²) in [7, 11) is 0. The summed E-state index contributed by atoms with van der Waals surface area (Å²) < 4.78 is 0. The largest absolute Gasteiger partial charge is 0.0836 e. The monoisotopic (exact) mass is 482 g/mol. The number of hydrogen-bond acceptors (Lipinski definition) is 0. The molecule has 0 spiro atoms. The van der Waals surface area contributed by atoms with Gasteiger partial charge in [0.25, 0.3) is 0 Å². The number of fused-ring (bicyclic) bond motifs is 6. The molecule has 178 valence electrons. The van der Waals surface area contributed by atoms with Gasteiger partial charge in [-0.15, -0.1) is 0 Å². The summed E-state index contributed by atoms with van der Waals surface area (Å²) in [6.07, 6.45) is 6.85. The molecule has 7 aromatic rings. The third-order valence-electron chi connectivity index (χ3n) is 8.28. The van der Waals surface area contributed by atoms with Crippen molar-refractivity contribution >= 4 is 49.2 Å². The lowest BCUT2D eigenvalue weighted by molar-refractivity contribution is 0.991. The van der Waals surface area contributed by atoms with E-state index in [-0.39, 0.29) is 0 Å². The second-order valence-electron chi connectivity index (χ2n) is 10.4. The zero-order valence-corrected chi connectivity index (χ0v) is 21.1. The Morgan fingerprint density at radius 1 is 0.421 bits per heavy atom. The van der Waals surface area contributed by atoms with E-state index in [0.29, 0.717) is 0 Å². The molecule has 0 radical (unpaired) electrons. The predicted octanol–water partition coefficient (Wildman–Crippen LogP) is 10.6. The molecule has 0 aliphatic heterocycles. The average Bonchev–Trinajstić information content (AvgIpc) is 2.99. The number of hydrogen-bond donors (Lipinski definition) is 0. The SMILES string of the molecule is C1=Cc2c(c(-c3ccc4ccc5ccccc5c4c3)c3ccccc3c2-c2ccc3ccccc3c2)CC1. The molecule has 0 unspecified atom stereocenters. The van der Waals surface area contributed by atoms with Crippen molar-refractivity contribution in [2.24, 2.45) is 0 Å². The highest BCUT2D eigenvalue weighted by Crippen LogP contribution is 2.45. The van der Waals surface area contributed by atoms with Gasteiger partial charge >= 0.3 is 0 Å². The number of allylic oxidation sites excluding steroid dienone is 1. The van der Waals surface area contributed by atoms with Crippen molar-refractivity contribution in [2.45, 2.75) is 12.8 Å². The van der Waals surface area contributed by atoms with Gasteiger partial charge in [0, 0.05) is 0 Å². The first-order valence-electron chi connectivity index (χ1n) is 13.5. The van der Waals surface area contributed by atoms with E-state index in [2.05, 4.69) is 133 Å². The minimum Gasteiger partial charge on any atom is -0.0836 e. The van der Waals surface area contributed by atoms with Crippen molar-refractivity contribution in [3.8, 4) is 22.3 Å². The van der Waals surface area contributed by atoms with E-state index in [0.717, 1.165) is 12.8 Å². The Morgan fingerprint density at radius 3 is 1.82 bits per heavy atom. The van der Waals surface area contributed by atoms with Crippen LogP contribution in [-0.2, 0) is 6.42 Å². The van der Waals surface area contributed by atoms with Gasteiger partial charge in [-0.3, -0.25) is 0 Å². The normalized spacial score (nSPS) is 12.9. The van der Waals surface area contributed by atoms with Crippen LogP contribution in [0.3, 0.4) is 0 Å². The third kappa shape index (κ3) is 3.24. The second kappa shape index (κ2) is 8.43. The van der Waals surface area contributed by atoms with Gasteiger partial charge in [-0.1, -0.05) is 121 Å². The van der Waals surface area contributed by atoms with Crippen LogP contribution in [0.5, 0.6) is 0 Å². The average molecular weight is 483 g/mol. The van der Waals surface area contributed by atoms with Crippen molar-refractivity contribution in [2.75, 3.05) is 0 Å². The smallest absolute Gasteiger partial charge is 0.00295 e. The van der Waals surface area contributed by atoms with Gasteiger partial charge in [-0.25, -0.2) is 0 Å². The molecule has 38 heavy (non-hydrogen) atoms. The second-order valence-corrected chi connectivity index (χ2v) is 10.4. The molecule has 0 N–H and O–H groups in total. The molecule has 1 aliphatic rings. The highest BCUT2D eigenvalue weighted by atomic mass is 14.2. The molecule has 0 saturated heterocycles. The lowest BCUT2D eigenvalue weighted by Gasteiger charge is -2.24. The highest BCUT2D eigenvalue weighted by molar-refractivity contribution is 6.13. The van der Waals surface area contributed by atoms with Crippen LogP contribution in [-0.4, -0.2) is 0 Å². The summed E-state index contributed by atoms with van der Waals surface area (Å²) in [5.41, 5.74) is 8.18. The summed E-state index contributed by atoms with van der Waals surface area (Å²) in [5.74, 6) is 0. The standard InChI is InChI=1S/C38H26/c1-2-11-28-23-29(21-17-25(28)9-1)37-32-13-5-7-15-34(32)38(35-16-8-6-14-33(35)37)30-22-20-27-19-18-26-10-3-4-12-31(26)36(27)24-30/h1-7,9-15,17-24H,8,16H2. The quantitative estimate of drug-likeness (QED) is 0.215. The zero-order valence-electron chi connectivity index (χ0n) is 21.1. The first-order valence-corrected chi connectivity index (χ1v) is 13.5. The van der Waals surface area contributed by atoms with Crippen LogP contribution >= 0.6 is 0 Å². The van der Waals surface area contributed by atoms with E-state index in [1.54, 1.807) is 0 Å². The molecule has 0 amide bonds. The van der Waals surface area contributed by atoms with Gasteiger partial charge in [-0.05, 0) is 101 Å². The molecular weight excluding hydrogens is 456 g/mol. The Kier molecular flexibility index (Phi) is 4.75. The molecule has 1 aliphatic carbocycles. The first-order chi connectivity index (χ1) is 18.8. The fraction of sp³-hybridized carbons (Fsp3) is 0.0526. The van der Waals surface area contributed by atoms with Gasteiger partial charge in [0.1, 0.15) is 0 Å². The summed E-state index contributed by atoms with van der Waals surface area (Å²) in [6, 6.07) is 44.9. The topological polar surface area (TPSA) is 0 Å². The molecule has 0 nitrogen and oxygen atoms in total. The van der Waals surface area contributed by atoms with E-state index in [1.165, 1.54) is 76.5 Å². The minimum absolute atomic E-state index is 1.06. The number of benzene rings is 7. The highest BCUT2D eigenvalue weighted by Gasteiger charge is 2.22. The first kappa shape index (κ1) is 21.4. The fourth-order valence-corrected chi connectivity index (χ4v) is 6.53. The van der Waals surface area contributed by atoms with Crippen LogP contribution in [0, 0.1) is 0 Å². The van der Waals surface area contributed by atoms with Crippen LogP contribution in [0.4, 0.5) is 0 Å². The molecule has 7 aromatic carbocycles. The maximum absolute atomic E-state index is 2.42. The maximum Gasteiger partial charge on any atom is -0.00295 e. The Morgan fingerprint density at radius 2 is 1.00 bits per heavy atom. The summed E-state index contributed by atoms with van der Waals surface area (Å²) in [6.45, 7) is 0. The lowest BCUT2D eigenvalue weighted by Crippen LogP contribution is -2.02. The van der Waals surface area contributed by atoms with E-state index in [9.17, 15) is 0 Å². The van der Waals surface area contributed by atoms with Gasteiger partial charge in [0.15, 0.2) is 0 Å². The van der Waals surface area contributed by atoms with Gasteiger partial charge in [0.05, 0.1) is 0 Å². The molecule has 0 aromatic heterocycles. The van der Waals surface area contributed by atoms with Crippen molar-refractivity contribution < 1.29 is 0 Å². The van der Waals surface area contributed by atoms with Crippen LogP contribution in [0.25, 0.3) is 71.4 Å². The van der Waals surface area contributed by atoms with Crippen LogP contribution in [0.2, 0.25) is 0 Å². The summed E-state index contributed by atoms with van der Waals surface area (Å²) in [5, 5.41) is 10.4. The van der Waals surface area contributed by atoms with E-state index >= 15 is 0 Å². The molecule has 0 saturated carbocycles. The molecule has 0 heteroatoms. The van der Waals surface area contributed by atoms with Crippen molar-refractivity contribution in [1.29, 1.82) is 0 Å². The van der Waals surface area contributed by atoms with Crippen molar-refractivity contribution in [3.05, 3.63) is 139 Å². The fourth-order valence-electron chi connectivity index (χ4n) is 6.53. The Balaban J connectivity index is 1.46. The van der Waals surface area contributed by atoms with Crippen molar-refractivity contribution in [3.63, 3.8) is 0 Å². The molecule has 0 fully saturated rings. The third-order valence-corrected chi connectivity index (χ3v) is 8.28. The number of rotatable bonds is 2.